The minimum Gasteiger partial charge on any atom is -0.379 e. The number of hydrogen-bond donors (Lipinski definition) is 0. The number of nitrogens with zero attached hydrogens (tertiary/aromatic N) is 2. The van der Waals surface area contributed by atoms with Crippen LogP contribution in [0.1, 0.15) is 27.2 Å². The van der Waals surface area contributed by atoms with Gasteiger partial charge in [0.25, 0.3) is 0 Å². The lowest BCUT2D eigenvalue weighted by Gasteiger charge is -2.39. The molecule has 1 fully saturated rings. The van der Waals surface area contributed by atoms with E-state index in [-0.39, 0.29) is 5.54 Å². The smallest absolute Gasteiger partial charge is 0.106 e. The monoisotopic (exact) mass is 196 g/mol. The fourth-order valence-corrected chi connectivity index (χ4v) is 2.10. The highest BCUT2D eigenvalue weighted by molar-refractivity contribution is 5.06. The van der Waals surface area contributed by atoms with E-state index in [2.05, 4.69) is 24.8 Å². The Kier molecular flexibility index (Phi) is 3.91. The van der Waals surface area contributed by atoms with Crippen LogP contribution in [0.2, 0.25) is 0 Å². The van der Waals surface area contributed by atoms with Crippen molar-refractivity contribution in [3.8, 4) is 6.07 Å². The molecule has 0 spiro atoms. The second-order valence-corrected chi connectivity index (χ2v) is 4.58. The van der Waals surface area contributed by atoms with Crippen molar-refractivity contribution in [2.75, 3.05) is 26.3 Å². The molecule has 0 aromatic rings. The lowest BCUT2D eigenvalue weighted by Crippen LogP contribution is -2.51. The van der Waals surface area contributed by atoms with E-state index < -0.39 is 0 Å². The summed E-state index contributed by atoms with van der Waals surface area (Å²) in [7, 11) is 0. The first-order valence-electron chi connectivity index (χ1n) is 5.32. The van der Waals surface area contributed by atoms with Gasteiger partial charge >= 0.3 is 0 Å². The van der Waals surface area contributed by atoms with Gasteiger partial charge in [-0.25, -0.2) is 0 Å². The third-order valence-electron chi connectivity index (χ3n) is 2.76. The zero-order valence-corrected chi connectivity index (χ0v) is 9.42. The predicted molar refractivity (Wildman–Crippen MR) is 55.9 cm³/mol. The summed E-state index contributed by atoms with van der Waals surface area (Å²) >= 11 is 0. The van der Waals surface area contributed by atoms with Gasteiger partial charge in [0, 0.05) is 13.1 Å². The van der Waals surface area contributed by atoms with Gasteiger partial charge in [-0.1, -0.05) is 13.8 Å². The van der Waals surface area contributed by atoms with Gasteiger partial charge in [-0.3, -0.25) is 4.90 Å². The SMILES string of the molecule is CC(C)CC(C)(C#N)N1CCOCC1. The van der Waals surface area contributed by atoms with Crippen molar-refractivity contribution in [2.24, 2.45) is 5.92 Å². The van der Waals surface area contributed by atoms with Crippen LogP contribution in [0, 0.1) is 17.2 Å². The Labute approximate surface area is 86.6 Å². The maximum absolute atomic E-state index is 9.25. The molecule has 1 aliphatic heterocycles. The molecule has 1 heterocycles. The Morgan fingerprint density at radius 1 is 1.43 bits per heavy atom. The highest BCUT2D eigenvalue weighted by atomic mass is 16.5. The molecule has 0 aromatic carbocycles. The Morgan fingerprint density at radius 2 is 2.00 bits per heavy atom. The molecule has 3 heteroatoms. The molecule has 0 aliphatic carbocycles. The highest BCUT2D eigenvalue weighted by Crippen LogP contribution is 2.24. The zero-order valence-electron chi connectivity index (χ0n) is 9.42. The van der Waals surface area contributed by atoms with Crippen LogP contribution >= 0.6 is 0 Å². The molecular formula is C11H20N2O. The van der Waals surface area contributed by atoms with Crippen molar-refractivity contribution in [1.29, 1.82) is 5.26 Å². The fourth-order valence-electron chi connectivity index (χ4n) is 2.10. The second-order valence-electron chi connectivity index (χ2n) is 4.58. The van der Waals surface area contributed by atoms with Gasteiger partial charge in [0.2, 0.25) is 0 Å². The van der Waals surface area contributed by atoms with E-state index in [0.717, 1.165) is 32.7 Å². The first-order chi connectivity index (χ1) is 6.58. The quantitative estimate of drug-likeness (QED) is 0.688. The zero-order chi connectivity index (χ0) is 10.6. The van der Waals surface area contributed by atoms with Crippen molar-refractivity contribution >= 4 is 0 Å². The molecule has 0 amide bonds. The molecule has 3 nitrogen and oxygen atoms in total. The Bertz CT molecular complexity index is 216. The van der Waals surface area contributed by atoms with Gasteiger partial charge in [-0.2, -0.15) is 5.26 Å². The summed E-state index contributed by atoms with van der Waals surface area (Å²) in [4.78, 5) is 2.25. The molecule has 1 aliphatic rings. The summed E-state index contributed by atoms with van der Waals surface area (Å²) in [5, 5.41) is 9.25. The maximum atomic E-state index is 9.25. The van der Waals surface area contributed by atoms with Crippen LogP contribution < -0.4 is 0 Å². The Balaban J connectivity index is 2.62. The van der Waals surface area contributed by atoms with Crippen LogP contribution in [0.3, 0.4) is 0 Å². The Hall–Kier alpha value is -0.590. The Morgan fingerprint density at radius 3 is 2.43 bits per heavy atom. The van der Waals surface area contributed by atoms with Gasteiger partial charge in [-0.15, -0.1) is 0 Å². The van der Waals surface area contributed by atoms with E-state index in [1.165, 1.54) is 0 Å². The summed E-state index contributed by atoms with van der Waals surface area (Å²) in [5.74, 6) is 0.558. The molecule has 80 valence electrons. The van der Waals surface area contributed by atoms with Crippen molar-refractivity contribution in [3.63, 3.8) is 0 Å². The van der Waals surface area contributed by atoms with Gasteiger partial charge in [0.15, 0.2) is 0 Å². The normalized spacial score (nSPS) is 23.1. The lowest BCUT2D eigenvalue weighted by atomic mass is 9.90. The van der Waals surface area contributed by atoms with Crippen molar-refractivity contribution in [3.05, 3.63) is 0 Å². The molecule has 14 heavy (non-hydrogen) atoms. The van der Waals surface area contributed by atoms with E-state index in [4.69, 9.17) is 4.74 Å². The molecular weight excluding hydrogens is 176 g/mol. The van der Waals surface area contributed by atoms with Gasteiger partial charge < -0.3 is 4.74 Å². The van der Waals surface area contributed by atoms with E-state index >= 15 is 0 Å². The summed E-state index contributed by atoms with van der Waals surface area (Å²) in [6.45, 7) is 9.66. The number of ether oxygens (including phenoxy) is 1. The van der Waals surface area contributed by atoms with Gasteiger partial charge in [-0.05, 0) is 19.3 Å². The second kappa shape index (κ2) is 4.77. The van der Waals surface area contributed by atoms with E-state index in [9.17, 15) is 5.26 Å². The highest BCUT2D eigenvalue weighted by Gasteiger charge is 2.33. The molecule has 0 radical (unpaired) electrons. The van der Waals surface area contributed by atoms with Crippen LogP contribution in [0.25, 0.3) is 0 Å². The molecule has 0 bridgehead atoms. The number of rotatable bonds is 3. The largest absolute Gasteiger partial charge is 0.379 e. The van der Waals surface area contributed by atoms with Crippen LogP contribution in [0.4, 0.5) is 0 Å². The number of nitriles is 1. The van der Waals surface area contributed by atoms with E-state index in [0.29, 0.717) is 5.92 Å². The van der Waals surface area contributed by atoms with Gasteiger partial charge in [0.1, 0.15) is 5.54 Å². The number of morpholine rings is 1. The molecule has 0 N–H and O–H groups in total. The topological polar surface area (TPSA) is 36.3 Å². The summed E-state index contributed by atoms with van der Waals surface area (Å²) < 4.78 is 5.29. The average molecular weight is 196 g/mol. The fraction of sp³-hybridized carbons (Fsp3) is 0.909. The summed E-state index contributed by atoms with van der Waals surface area (Å²) in [6, 6.07) is 2.45. The van der Waals surface area contributed by atoms with Crippen molar-refractivity contribution in [2.45, 2.75) is 32.7 Å². The molecule has 1 saturated heterocycles. The van der Waals surface area contributed by atoms with Gasteiger partial charge in [0.05, 0.1) is 19.3 Å². The van der Waals surface area contributed by atoms with E-state index in [1.54, 1.807) is 0 Å². The third-order valence-corrected chi connectivity index (χ3v) is 2.76. The average Bonchev–Trinajstić information content (AvgIpc) is 2.18. The van der Waals surface area contributed by atoms with Crippen LogP contribution in [-0.2, 0) is 4.74 Å². The predicted octanol–water partition coefficient (Wildman–Crippen LogP) is 1.65. The third kappa shape index (κ3) is 2.70. The van der Waals surface area contributed by atoms with Crippen molar-refractivity contribution < 1.29 is 4.74 Å². The van der Waals surface area contributed by atoms with Crippen LogP contribution in [0.5, 0.6) is 0 Å². The summed E-state index contributed by atoms with van der Waals surface area (Å²) in [5.41, 5.74) is -0.308. The van der Waals surface area contributed by atoms with Crippen LogP contribution in [-0.4, -0.2) is 36.7 Å². The molecule has 1 atom stereocenters. The molecule has 0 aromatic heterocycles. The molecule has 1 unspecified atom stereocenters. The van der Waals surface area contributed by atoms with E-state index in [1.807, 2.05) is 6.92 Å². The lowest BCUT2D eigenvalue weighted by molar-refractivity contribution is -0.00383. The first kappa shape index (κ1) is 11.5. The molecule has 1 rings (SSSR count). The maximum Gasteiger partial charge on any atom is 0.106 e. The standard InChI is InChI=1S/C11H20N2O/c1-10(2)8-11(3,9-12)13-4-6-14-7-5-13/h10H,4-8H2,1-3H3. The summed E-state index contributed by atoms with van der Waals surface area (Å²) in [6.07, 6.45) is 0.934. The number of hydrogen-bond acceptors (Lipinski definition) is 3. The minimum absolute atomic E-state index is 0.308. The first-order valence-corrected chi connectivity index (χ1v) is 5.32. The molecule has 0 saturated carbocycles. The minimum atomic E-state index is -0.308. The van der Waals surface area contributed by atoms with Crippen molar-refractivity contribution in [1.82, 2.24) is 4.90 Å². The van der Waals surface area contributed by atoms with Crippen LogP contribution in [0.15, 0.2) is 0 Å².